The predicted octanol–water partition coefficient (Wildman–Crippen LogP) is 17.4. The number of hydrogen-bond donors (Lipinski definition) is 0. The maximum Gasteiger partial charge on any atom is 0.256 e. The monoisotopic (exact) mass is 1140 g/mol. The Hall–Kier alpha value is -11.2. The van der Waals surface area contributed by atoms with Crippen molar-refractivity contribution in [3.63, 3.8) is 0 Å². The van der Waals surface area contributed by atoms with Gasteiger partial charge in [-0.2, -0.15) is 0 Å². The fraction of sp³-hybridized carbons (Fsp3) is 0.0370. The fourth-order valence-corrected chi connectivity index (χ4v) is 15.4. The molecule has 0 aromatic heterocycles. The van der Waals surface area contributed by atoms with Crippen molar-refractivity contribution in [2.24, 2.45) is 0 Å². The van der Waals surface area contributed by atoms with E-state index in [4.69, 9.17) is 4.74 Å². The van der Waals surface area contributed by atoms with E-state index >= 15 is 0 Å². The molecule has 0 fully saturated rings. The van der Waals surface area contributed by atoms with Crippen LogP contribution in [0.4, 0.5) is 85.3 Å². The molecule has 5 aliphatic rings. The third-order valence-electron chi connectivity index (χ3n) is 19.2. The van der Waals surface area contributed by atoms with Crippen molar-refractivity contribution in [1.29, 1.82) is 0 Å². The summed E-state index contributed by atoms with van der Waals surface area (Å²) < 4.78 is 7.27. The Morgan fingerprint density at radius 3 is 1.27 bits per heavy atom. The highest BCUT2D eigenvalue weighted by atomic mass is 16.5. The number of fused-ring (bicyclic) bond motifs is 11. The first-order valence-corrected chi connectivity index (χ1v) is 30.9. The van der Waals surface area contributed by atoms with Crippen LogP contribution in [0.3, 0.4) is 0 Å². The first-order valence-electron chi connectivity index (χ1n) is 30.9. The third-order valence-corrected chi connectivity index (χ3v) is 19.2. The molecule has 0 radical (unpaired) electrons. The molecule has 4 aliphatic heterocycles. The van der Waals surface area contributed by atoms with E-state index in [-0.39, 0.29) is 18.8 Å². The van der Waals surface area contributed by atoms with Crippen molar-refractivity contribution in [2.45, 2.75) is 19.3 Å². The first-order chi connectivity index (χ1) is 43.9. The first kappa shape index (κ1) is 51.1. The molecule has 13 aromatic rings. The largest absolute Gasteiger partial charge is 0.458 e. The lowest BCUT2D eigenvalue weighted by Gasteiger charge is -2.47. The molecule has 0 unspecified atom stereocenters. The van der Waals surface area contributed by atoms with Crippen LogP contribution in [0.5, 0.6) is 11.5 Å². The van der Waals surface area contributed by atoms with Crippen LogP contribution in [0.2, 0.25) is 0 Å². The minimum atomic E-state index is -0.208. The van der Waals surface area contributed by atoms with Gasteiger partial charge in [0.25, 0.3) is 13.4 Å². The molecule has 0 N–H and O–H groups in total. The molecule has 8 heteroatoms. The molecular weight excluding hydrogens is 1080 g/mol. The van der Waals surface area contributed by atoms with Gasteiger partial charge in [-0.1, -0.05) is 196 Å². The number of benzene rings is 13. The Morgan fingerprint density at radius 2 is 0.708 bits per heavy atom. The standard InChI is InChI=1S/C81H57B2N5O/c1-81(2)65-40-22-21-39-63(65)64-46-45-60(47-66(64)81)88-71-43-25-23-41-67(71)82-69-52-70-73(53-72(69)86(58-35-17-7-18-36-58)74-48-61(49-75(88)79(74)82)84(54-27-9-3-10-28-54)55-29-11-4-12-30-55)87(59-37-19-8-20-38-59)76-50-62(51-78-80(76)83(70)68-42-24-26-44-77(68)89-78)85(56-31-13-5-14-32-56)57-33-15-6-16-34-57/h3-53H,1-2H3. The van der Waals surface area contributed by atoms with Crippen molar-refractivity contribution in [3.05, 3.63) is 321 Å². The van der Waals surface area contributed by atoms with E-state index in [0.717, 1.165) is 108 Å². The maximum atomic E-state index is 7.27. The third kappa shape index (κ3) is 7.79. The van der Waals surface area contributed by atoms with Gasteiger partial charge in [-0.05, 0) is 176 Å². The van der Waals surface area contributed by atoms with Crippen LogP contribution in [0.15, 0.2) is 309 Å². The normalized spacial score (nSPS) is 13.8. The quantitative estimate of drug-likeness (QED) is 0.134. The number of hydrogen-bond acceptors (Lipinski definition) is 6. The second-order valence-corrected chi connectivity index (χ2v) is 24.4. The van der Waals surface area contributed by atoms with E-state index in [1.165, 1.54) is 44.1 Å². The van der Waals surface area contributed by atoms with Crippen LogP contribution in [0, 0.1) is 0 Å². The summed E-state index contributed by atoms with van der Waals surface area (Å²) in [6.45, 7) is 4.43. The Bertz CT molecular complexity index is 4870. The number of para-hydroxylation sites is 8. The minimum Gasteiger partial charge on any atom is -0.458 e. The number of nitrogens with zero attached hydrogens (tertiary/aromatic N) is 5. The Labute approximate surface area is 520 Å². The molecule has 0 saturated carbocycles. The van der Waals surface area contributed by atoms with E-state index < -0.39 is 0 Å². The van der Waals surface area contributed by atoms with Crippen LogP contribution in [-0.2, 0) is 5.41 Å². The van der Waals surface area contributed by atoms with E-state index in [1.54, 1.807) is 0 Å². The van der Waals surface area contributed by atoms with Gasteiger partial charge in [0.15, 0.2) is 0 Å². The van der Waals surface area contributed by atoms with Gasteiger partial charge >= 0.3 is 0 Å². The summed E-state index contributed by atoms with van der Waals surface area (Å²) in [6.07, 6.45) is 0. The molecule has 0 bridgehead atoms. The molecule has 0 saturated heterocycles. The fourth-order valence-electron chi connectivity index (χ4n) is 15.4. The summed E-state index contributed by atoms with van der Waals surface area (Å²) in [5, 5.41) is 0. The highest BCUT2D eigenvalue weighted by molar-refractivity contribution is 7.02. The van der Waals surface area contributed by atoms with Crippen LogP contribution in [-0.4, -0.2) is 13.4 Å². The molecule has 13 aromatic carbocycles. The zero-order valence-corrected chi connectivity index (χ0v) is 49.2. The Kier molecular flexibility index (Phi) is 11.4. The number of anilines is 15. The van der Waals surface area contributed by atoms with Gasteiger partial charge in [0.2, 0.25) is 0 Å². The molecule has 4 heterocycles. The summed E-state index contributed by atoms with van der Waals surface area (Å²) >= 11 is 0. The van der Waals surface area contributed by atoms with E-state index in [1.807, 2.05) is 0 Å². The van der Waals surface area contributed by atoms with Crippen molar-refractivity contribution < 1.29 is 4.74 Å². The molecular formula is C81H57B2N5O. The second-order valence-electron chi connectivity index (χ2n) is 24.4. The lowest BCUT2D eigenvalue weighted by molar-refractivity contribution is 0.487. The molecule has 0 atom stereocenters. The predicted molar refractivity (Wildman–Crippen MR) is 373 cm³/mol. The van der Waals surface area contributed by atoms with E-state index in [2.05, 4.69) is 348 Å². The van der Waals surface area contributed by atoms with Gasteiger partial charge < -0.3 is 29.2 Å². The average molecular weight is 1140 g/mol. The van der Waals surface area contributed by atoms with Gasteiger partial charge in [0, 0.05) is 85.4 Å². The van der Waals surface area contributed by atoms with Crippen LogP contribution < -0.4 is 62.0 Å². The topological polar surface area (TPSA) is 25.4 Å². The number of rotatable bonds is 9. The van der Waals surface area contributed by atoms with E-state index in [9.17, 15) is 0 Å². The summed E-state index contributed by atoms with van der Waals surface area (Å²) in [7, 11) is 0. The smallest absolute Gasteiger partial charge is 0.256 e. The summed E-state index contributed by atoms with van der Waals surface area (Å²) in [4.78, 5) is 12.4. The highest BCUT2D eigenvalue weighted by Gasteiger charge is 2.49. The zero-order chi connectivity index (χ0) is 58.9. The van der Waals surface area contributed by atoms with Gasteiger partial charge in [0.1, 0.15) is 11.5 Å². The SMILES string of the molecule is CC1(C)c2ccccc2-c2ccc(N3c4ccccc4B4c5cc6c(cc5N(c5ccccc5)c5cc(N(c7ccccc7)c7ccccc7)cc3c54)N(c3ccccc3)c3cc(N(c4ccccc4)c4ccccc4)cc4c3B6c3ccccc3O4)cc21. The van der Waals surface area contributed by atoms with Crippen molar-refractivity contribution in [1.82, 2.24) is 0 Å². The van der Waals surface area contributed by atoms with E-state index in [0.29, 0.717) is 0 Å². The summed E-state index contributed by atoms with van der Waals surface area (Å²) in [5.41, 5.74) is 28.7. The Balaban J connectivity index is 0.938. The van der Waals surface area contributed by atoms with Gasteiger partial charge in [0.05, 0.1) is 11.4 Å². The van der Waals surface area contributed by atoms with Crippen molar-refractivity contribution >= 4 is 132 Å². The summed E-state index contributed by atoms with van der Waals surface area (Å²) in [6, 6.07) is 114. The van der Waals surface area contributed by atoms with Gasteiger partial charge in [-0.25, -0.2) is 0 Å². The van der Waals surface area contributed by atoms with Crippen LogP contribution in [0.25, 0.3) is 11.1 Å². The maximum absolute atomic E-state index is 7.27. The Morgan fingerprint density at radius 1 is 0.281 bits per heavy atom. The van der Waals surface area contributed by atoms with Gasteiger partial charge in [-0.15, -0.1) is 0 Å². The van der Waals surface area contributed by atoms with Crippen LogP contribution >= 0.6 is 0 Å². The molecule has 18 rings (SSSR count). The molecule has 6 nitrogen and oxygen atoms in total. The van der Waals surface area contributed by atoms with Gasteiger partial charge in [-0.3, -0.25) is 0 Å². The summed E-state index contributed by atoms with van der Waals surface area (Å²) in [5.74, 6) is 1.71. The minimum absolute atomic E-state index is 0.172. The molecule has 89 heavy (non-hydrogen) atoms. The lowest BCUT2D eigenvalue weighted by atomic mass is 9.30. The zero-order valence-electron chi connectivity index (χ0n) is 49.2. The molecule has 0 spiro atoms. The van der Waals surface area contributed by atoms with Crippen molar-refractivity contribution in [3.8, 4) is 22.6 Å². The second kappa shape index (κ2) is 19.9. The van der Waals surface area contributed by atoms with Crippen molar-refractivity contribution in [2.75, 3.05) is 24.5 Å². The average Bonchev–Trinajstić information content (AvgIpc) is 1.26. The molecule has 0 amide bonds. The lowest BCUT2D eigenvalue weighted by Crippen LogP contribution is -2.64. The number of ether oxygens (including phenoxy) is 1. The molecule has 1 aliphatic carbocycles. The highest BCUT2D eigenvalue weighted by Crippen LogP contribution is 2.54. The van der Waals surface area contributed by atoms with Crippen LogP contribution in [0.1, 0.15) is 25.0 Å². The molecule has 418 valence electrons.